The first-order valence-electron chi connectivity index (χ1n) is 5.83. The topological polar surface area (TPSA) is 45.5 Å². The molecule has 3 aromatic rings. The molecule has 0 unspecified atom stereocenters. The van der Waals surface area contributed by atoms with Crippen molar-refractivity contribution in [3.8, 4) is 11.8 Å². The first kappa shape index (κ1) is 12.2. The molecule has 0 aliphatic rings. The highest BCUT2D eigenvalue weighted by Crippen LogP contribution is 2.21. The van der Waals surface area contributed by atoms with Gasteiger partial charge in [0.05, 0.1) is 10.9 Å². The number of aryl methyl sites for hydroxylation is 1. The molecule has 0 spiro atoms. The summed E-state index contributed by atoms with van der Waals surface area (Å²) in [5, 5.41) is 13.6. The van der Waals surface area contributed by atoms with Crippen molar-refractivity contribution in [2.75, 3.05) is 0 Å². The van der Waals surface area contributed by atoms with Crippen LogP contribution >= 0.6 is 0 Å². The molecule has 2 aromatic heterocycles. The number of halogens is 2. The zero-order chi connectivity index (χ0) is 14.3. The van der Waals surface area contributed by atoms with Crippen molar-refractivity contribution in [3.63, 3.8) is 0 Å². The molecule has 0 saturated heterocycles. The van der Waals surface area contributed by atoms with E-state index in [0.717, 1.165) is 0 Å². The monoisotopic (exact) mass is 271 g/mol. The zero-order valence-electron chi connectivity index (χ0n) is 10.5. The molecule has 4 nitrogen and oxygen atoms in total. The van der Waals surface area contributed by atoms with Crippen LogP contribution < -0.4 is 4.57 Å². The van der Waals surface area contributed by atoms with Crippen LogP contribution in [0.2, 0.25) is 0 Å². The third kappa shape index (κ3) is 1.80. The minimum absolute atomic E-state index is 0.0215. The third-order valence-corrected chi connectivity index (χ3v) is 2.96. The van der Waals surface area contributed by atoms with Crippen LogP contribution in [-0.4, -0.2) is 9.78 Å². The first-order valence-corrected chi connectivity index (χ1v) is 5.83. The minimum atomic E-state index is -0.582. The fraction of sp³-hybridized carbons (Fsp3) is 0.0714. The van der Waals surface area contributed by atoms with Gasteiger partial charge in [-0.05, 0) is 12.1 Å². The summed E-state index contributed by atoms with van der Waals surface area (Å²) in [6.07, 6.45) is 4.46. The predicted molar refractivity (Wildman–Crippen MR) is 66.9 cm³/mol. The summed E-state index contributed by atoms with van der Waals surface area (Å²) < 4.78 is 30.5. The van der Waals surface area contributed by atoms with Gasteiger partial charge in [-0.25, -0.2) is 13.6 Å². The van der Waals surface area contributed by atoms with Gasteiger partial charge in [0.25, 0.3) is 0 Å². The average molecular weight is 271 g/mol. The normalized spacial score (nSPS) is 10.7. The molecule has 0 saturated carbocycles. The molecule has 0 fully saturated rings. The molecule has 1 aromatic carbocycles. The molecular formula is C14H9F2N4+. The van der Waals surface area contributed by atoms with Crippen LogP contribution in [0.5, 0.6) is 0 Å². The maximum atomic E-state index is 13.9. The van der Waals surface area contributed by atoms with E-state index in [1.807, 2.05) is 6.07 Å². The Bertz CT molecular complexity index is 861. The fourth-order valence-electron chi connectivity index (χ4n) is 2.12. The number of aromatic nitrogens is 3. The van der Waals surface area contributed by atoms with Crippen LogP contribution in [0.25, 0.3) is 16.6 Å². The lowest BCUT2D eigenvalue weighted by Crippen LogP contribution is -2.27. The van der Waals surface area contributed by atoms with Crippen LogP contribution in [0, 0.1) is 23.0 Å². The molecule has 20 heavy (non-hydrogen) atoms. The highest BCUT2D eigenvalue weighted by atomic mass is 19.1. The van der Waals surface area contributed by atoms with Gasteiger partial charge >= 0.3 is 0 Å². The Balaban J connectivity index is 2.32. The SMILES string of the molecule is C[n+]1cc(F)c2nn(-c3c(F)cccc3C#N)cc2c1. The summed E-state index contributed by atoms with van der Waals surface area (Å²) in [6.45, 7) is 0. The van der Waals surface area contributed by atoms with Crippen LogP contribution in [0.4, 0.5) is 8.78 Å². The number of benzene rings is 1. The standard InChI is InChI=1S/C14H9F2N4/c1-19-6-10-7-20(18-13(10)12(16)8-19)14-9(5-17)3-2-4-11(14)15/h2-4,6-8H,1H3/q+1. The van der Waals surface area contributed by atoms with Gasteiger partial charge in [-0.3, -0.25) is 0 Å². The van der Waals surface area contributed by atoms with Gasteiger partial charge < -0.3 is 0 Å². The van der Waals surface area contributed by atoms with Crippen molar-refractivity contribution in [3.05, 3.63) is 54.0 Å². The second-order valence-corrected chi connectivity index (χ2v) is 4.40. The zero-order valence-corrected chi connectivity index (χ0v) is 10.5. The summed E-state index contributed by atoms with van der Waals surface area (Å²) in [5.74, 6) is -1.08. The van der Waals surface area contributed by atoms with Gasteiger partial charge in [-0.1, -0.05) is 6.07 Å². The van der Waals surface area contributed by atoms with Crippen molar-refractivity contribution in [2.45, 2.75) is 0 Å². The molecule has 0 radical (unpaired) electrons. The van der Waals surface area contributed by atoms with Gasteiger partial charge in [-0.15, -0.1) is 0 Å². The van der Waals surface area contributed by atoms with Crippen molar-refractivity contribution in [1.29, 1.82) is 5.26 Å². The predicted octanol–water partition coefficient (Wildman–Crippen LogP) is 2.00. The second-order valence-electron chi connectivity index (χ2n) is 4.40. The Morgan fingerprint density at radius 3 is 2.80 bits per heavy atom. The second kappa shape index (κ2) is 4.38. The van der Waals surface area contributed by atoms with Crippen LogP contribution in [-0.2, 0) is 7.05 Å². The van der Waals surface area contributed by atoms with E-state index in [1.54, 1.807) is 17.8 Å². The number of hydrogen-bond donors (Lipinski definition) is 0. The highest BCUT2D eigenvalue weighted by Gasteiger charge is 2.16. The van der Waals surface area contributed by atoms with E-state index in [-0.39, 0.29) is 16.8 Å². The fourth-order valence-corrected chi connectivity index (χ4v) is 2.12. The summed E-state index contributed by atoms with van der Waals surface area (Å²) >= 11 is 0. The maximum Gasteiger partial charge on any atom is 0.214 e. The Morgan fingerprint density at radius 2 is 2.05 bits per heavy atom. The van der Waals surface area contributed by atoms with Crippen LogP contribution in [0.3, 0.4) is 0 Å². The summed E-state index contributed by atoms with van der Waals surface area (Å²) in [4.78, 5) is 0. The molecule has 0 atom stereocenters. The van der Waals surface area contributed by atoms with E-state index in [9.17, 15) is 8.78 Å². The lowest BCUT2D eigenvalue weighted by molar-refractivity contribution is -0.671. The van der Waals surface area contributed by atoms with Crippen molar-refractivity contribution in [1.82, 2.24) is 9.78 Å². The van der Waals surface area contributed by atoms with Crippen molar-refractivity contribution >= 4 is 10.9 Å². The van der Waals surface area contributed by atoms with E-state index >= 15 is 0 Å². The molecule has 2 heterocycles. The van der Waals surface area contributed by atoms with Gasteiger partial charge in [0.2, 0.25) is 12.0 Å². The van der Waals surface area contributed by atoms with Gasteiger partial charge in [0.1, 0.15) is 30.1 Å². The molecule has 98 valence electrons. The summed E-state index contributed by atoms with van der Waals surface area (Å²) in [5.41, 5.74) is 0.297. The average Bonchev–Trinajstić information content (AvgIpc) is 2.81. The molecule has 3 rings (SSSR count). The van der Waals surface area contributed by atoms with Crippen molar-refractivity contribution in [2.24, 2.45) is 7.05 Å². The number of fused-ring (bicyclic) bond motifs is 1. The Hall–Kier alpha value is -2.81. The number of rotatable bonds is 1. The first-order chi connectivity index (χ1) is 9.60. The summed E-state index contributed by atoms with van der Waals surface area (Å²) in [6, 6.07) is 6.07. The Kier molecular flexibility index (Phi) is 2.68. The van der Waals surface area contributed by atoms with Gasteiger partial charge in [-0.2, -0.15) is 14.8 Å². The van der Waals surface area contributed by atoms with E-state index in [4.69, 9.17) is 5.26 Å². The number of pyridine rings is 1. The number of para-hydroxylation sites is 1. The summed E-state index contributed by atoms with van der Waals surface area (Å²) in [7, 11) is 1.68. The molecule has 0 aliphatic heterocycles. The van der Waals surface area contributed by atoms with Gasteiger partial charge in [0, 0.05) is 6.20 Å². The third-order valence-electron chi connectivity index (χ3n) is 2.96. The largest absolute Gasteiger partial charge is 0.235 e. The quantitative estimate of drug-likeness (QED) is 0.635. The van der Waals surface area contributed by atoms with Crippen LogP contribution in [0.15, 0.2) is 36.8 Å². The van der Waals surface area contributed by atoms with Crippen LogP contribution in [0.1, 0.15) is 5.56 Å². The number of hydrogen-bond acceptors (Lipinski definition) is 2. The van der Waals surface area contributed by atoms with E-state index < -0.39 is 11.6 Å². The number of nitriles is 1. The lowest BCUT2D eigenvalue weighted by Gasteiger charge is -2.04. The molecule has 6 heteroatoms. The molecule has 0 amide bonds. The Labute approximate surface area is 113 Å². The number of nitrogens with zero attached hydrogens (tertiary/aromatic N) is 4. The Morgan fingerprint density at radius 1 is 1.25 bits per heavy atom. The minimum Gasteiger partial charge on any atom is -0.235 e. The van der Waals surface area contributed by atoms with E-state index in [1.165, 1.54) is 35.3 Å². The smallest absolute Gasteiger partial charge is 0.214 e. The van der Waals surface area contributed by atoms with Crippen molar-refractivity contribution < 1.29 is 13.3 Å². The molecule has 0 aliphatic carbocycles. The molecule has 0 bridgehead atoms. The van der Waals surface area contributed by atoms with E-state index in [2.05, 4.69) is 5.10 Å². The van der Waals surface area contributed by atoms with Gasteiger partial charge in [0.15, 0.2) is 6.20 Å². The molecular weight excluding hydrogens is 262 g/mol. The lowest BCUT2D eigenvalue weighted by atomic mass is 10.2. The van der Waals surface area contributed by atoms with E-state index in [0.29, 0.717) is 5.39 Å². The highest BCUT2D eigenvalue weighted by molar-refractivity contribution is 5.77. The maximum absolute atomic E-state index is 13.9. The molecule has 0 N–H and O–H groups in total.